The van der Waals surface area contributed by atoms with Crippen molar-refractivity contribution in [3.63, 3.8) is 0 Å². The maximum Gasteiger partial charge on any atom is 0.288 e. The molecule has 1 aliphatic rings. The third-order valence-electron chi connectivity index (χ3n) is 4.35. The molecule has 0 atom stereocenters. The Kier molecular flexibility index (Phi) is 4.86. The van der Waals surface area contributed by atoms with Crippen LogP contribution >= 0.6 is 11.3 Å². The molecule has 26 heavy (non-hydrogen) atoms. The zero-order chi connectivity index (χ0) is 18.8. The summed E-state index contributed by atoms with van der Waals surface area (Å²) >= 11 is 1.39. The molecule has 0 aromatic carbocycles. The summed E-state index contributed by atoms with van der Waals surface area (Å²) in [4.78, 5) is 35.9. The van der Waals surface area contributed by atoms with Crippen LogP contribution in [0.15, 0.2) is 17.1 Å². The minimum Gasteiger partial charge on any atom is -0.315 e. The average Bonchev–Trinajstić information content (AvgIpc) is 2.93. The number of nitrogens with one attached hydrogen (secondary N) is 1. The van der Waals surface area contributed by atoms with E-state index in [1.165, 1.54) is 18.3 Å². The van der Waals surface area contributed by atoms with E-state index in [0.29, 0.717) is 10.6 Å². The highest BCUT2D eigenvalue weighted by molar-refractivity contribution is 7.16. The minimum absolute atomic E-state index is 0.221. The van der Waals surface area contributed by atoms with Gasteiger partial charge in [0.15, 0.2) is 0 Å². The Balaban J connectivity index is 1.84. The summed E-state index contributed by atoms with van der Waals surface area (Å²) in [5.74, 6) is -0.500. The fourth-order valence-electron chi connectivity index (χ4n) is 3.06. The predicted molar refractivity (Wildman–Crippen MR) is 96.4 cm³/mol. The number of hydrogen-bond acceptors (Lipinski definition) is 6. The van der Waals surface area contributed by atoms with Gasteiger partial charge in [-0.05, 0) is 38.2 Å². The molecule has 3 rings (SSSR count). The second-order valence-corrected chi connectivity index (χ2v) is 7.25. The lowest BCUT2D eigenvalue weighted by atomic mass is 9.96. The van der Waals surface area contributed by atoms with E-state index < -0.39 is 16.4 Å². The van der Waals surface area contributed by atoms with Crippen molar-refractivity contribution < 1.29 is 9.72 Å². The van der Waals surface area contributed by atoms with Crippen LogP contribution in [0.4, 0.5) is 10.7 Å². The molecule has 0 bridgehead atoms. The van der Waals surface area contributed by atoms with E-state index in [-0.39, 0.29) is 17.8 Å². The minimum atomic E-state index is -0.593. The Labute approximate surface area is 152 Å². The highest BCUT2D eigenvalue weighted by Gasteiger charge is 2.22. The first-order chi connectivity index (χ1) is 12.4. The Bertz CT molecular complexity index is 999. The third kappa shape index (κ3) is 3.36. The molecule has 1 amide bonds. The molecule has 1 N–H and O–H groups in total. The molecule has 0 spiro atoms. The lowest BCUT2D eigenvalue weighted by Gasteiger charge is -2.09. The van der Waals surface area contributed by atoms with Gasteiger partial charge in [0.25, 0.3) is 11.2 Å². The fourth-order valence-corrected chi connectivity index (χ4v) is 4.32. The van der Waals surface area contributed by atoms with Crippen molar-refractivity contribution >= 4 is 27.9 Å². The molecule has 9 heteroatoms. The van der Waals surface area contributed by atoms with Crippen LogP contribution in [0.25, 0.3) is 0 Å². The van der Waals surface area contributed by atoms with Gasteiger partial charge in [-0.2, -0.15) is 5.26 Å². The summed E-state index contributed by atoms with van der Waals surface area (Å²) in [5, 5.41) is 23.6. The number of rotatable bonds is 4. The molecule has 2 heterocycles. The number of carbonyl (C=O) groups excluding carboxylic acids is 1. The van der Waals surface area contributed by atoms with E-state index in [2.05, 4.69) is 11.4 Å². The average molecular weight is 372 g/mol. The molecule has 0 unspecified atom stereocenters. The van der Waals surface area contributed by atoms with Gasteiger partial charge in [-0.25, -0.2) is 0 Å². The molecule has 0 fully saturated rings. The molecular formula is C17H16N4O4S. The van der Waals surface area contributed by atoms with Crippen molar-refractivity contribution in [3.8, 4) is 6.07 Å². The molecular weight excluding hydrogens is 356 g/mol. The van der Waals surface area contributed by atoms with Crippen molar-refractivity contribution in [2.45, 2.75) is 39.2 Å². The molecule has 0 saturated carbocycles. The molecule has 1 aliphatic carbocycles. The smallest absolute Gasteiger partial charge is 0.288 e. The molecule has 8 nitrogen and oxygen atoms in total. The number of nitriles is 1. The van der Waals surface area contributed by atoms with Crippen LogP contribution < -0.4 is 10.9 Å². The summed E-state index contributed by atoms with van der Waals surface area (Å²) in [5.41, 5.74) is 1.02. The van der Waals surface area contributed by atoms with E-state index in [1.807, 2.05) is 0 Å². The second-order valence-electron chi connectivity index (χ2n) is 6.14. The van der Waals surface area contributed by atoms with Crippen molar-refractivity contribution in [1.82, 2.24) is 4.57 Å². The number of pyridine rings is 1. The third-order valence-corrected chi connectivity index (χ3v) is 5.56. The van der Waals surface area contributed by atoms with Crippen molar-refractivity contribution in [3.05, 3.63) is 54.3 Å². The number of fused-ring (bicyclic) bond motifs is 1. The van der Waals surface area contributed by atoms with E-state index in [9.17, 15) is 25.0 Å². The first kappa shape index (κ1) is 17.8. The predicted octanol–water partition coefficient (Wildman–Crippen LogP) is 2.52. The van der Waals surface area contributed by atoms with E-state index in [1.54, 1.807) is 0 Å². The lowest BCUT2D eigenvalue weighted by molar-refractivity contribution is -0.385. The molecule has 0 saturated heterocycles. The molecule has 0 aliphatic heterocycles. The first-order valence-corrected chi connectivity index (χ1v) is 8.92. The Morgan fingerprint density at radius 3 is 2.88 bits per heavy atom. The highest BCUT2D eigenvalue weighted by Crippen LogP contribution is 2.37. The summed E-state index contributed by atoms with van der Waals surface area (Å²) < 4.78 is 1.00. The van der Waals surface area contributed by atoms with Crippen LogP contribution in [-0.2, 0) is 24.2 Å². The van der Waals surface area contributed by atoms with Crippen LogP contribution in [0.2, 0.25) is 0 Å². The summed E-state index contributed by atoms with van der Waals surface area (Å²) in [6.45, 7) is 1.12. The van der Waals surface area contributed by atoms with Gasteiger partial charge < -0.3 is 5.32 Å². The summed E-state index contributed by atoms with van der Waals surface area (Å²) in [7, 11) is 0. The van der Waals surface area contributed by atoms with Gasteiger partial charge in [0.2, 0.25) is 5.91 Å². The topological polar surface area (TPSA) is 118 Å². The maximum atomic E-state index is 12.3. The number of nitro groups is 1. The number of hydrogen-bond donors (Lipinski definition) is 1. The van der Waals surface area contributed by atoms with Gasteiger partial charge in [-0.1, -0.05) is 0 Å². The van der Waals surface area contributed by atoms with Crippen LogP contribution in [0, 0.1) is 28.4 Å². The lowest BCUT2D eigenvalue weighted by Crippen LogP contribution is -2.27. The highest BCUT2D eigenvalue weighted by atomic mass is 32.1. The van der Waals surface area contributed by atoms with E-state index in [0.717, 1.165) is 53.0 Å². The quantitative estimate of drug-likeness (QED) is 0.653. The van der Waals surface area contributed by atoms with Crippen LogP contribution in [-0.4, -0.2) is 15.4 Å². The molecule has 0 radical (unpaired) electrons. The number of anilines is 1. The first-order valence-electron chi connectivity index (χ1n) is 8.10. The molecule has 134 valence electrons. The van der Waals surface area contributed by atoms with Gasteiger partial charge in [0.05, 0.1) is 16.7 Å². The van der Waals surface area contributed by atoms with Gasteiger partial charge in [0, 0.05) is 16.5 Å². The number of thiophene rings is 1. The molecule has 2 aromatic rings. The van der Waals surface area contributed by atoms with Gasteiger partial charge in [-0.3, -0.25) is 24.3 Å². The van der Waals surface area contributed by atoms with Crippen molar-refractivity contribution in [1.29, 1.82) is 5.26 Å². The van der Waals surface area contributed by atoms with Crippen LogP contribution in [0.3, 0.4) is 0 Å². The number of carbonyl (C=O) groups is 1. The Morgan fingerprint density at radius 1 is 1.46 bits per heavy atom. The number of amides is 1. The van der Waals surface area contributed by atoms with Crippen molar-refractivity contribution in [2.24, 2.45) is 0 Å². The van der Waals surface area contributed by atoms with Gasteiger partial charge in [-0.15, -0.1) is 11.3 Å². The van der Waals surface area contributed by atoms with E-state index >= 15 is 0 Å². The zero-order valence-corrected chi connectivity index (χ0v) is 14.9. The normalized spacial score (nSPS) is 12.9. The largest absolute Gasteiger partial charge is 0.315 e. The Morgan fingerprint density at radius 2 is 2.19 bits per heavy atom. The van der Waals surface area contributed by atoms with Crippen LogP contribution in [0.1, 0.15) is 34.4 Å². The van der Waals surface area contributed by atoms with Crippen molar-refractivity contribution in [2.75, 3.05) is 5.32 Å². The maximum absolute atomic E-state index is 12.3. The Hall–Kier alpha value is -2.99. The molecule has 2 aromatic heterocycles. The fraction of sp³-hybridized carbons (Fsp3) is 0.353. The number of nitrogens with zero attached hydrogens (tertiary/aromatic N) is 3. The zero-order valence-electron chi connectivity index (χ0n) is 14.1. The van der Waals surface area contributed by atoms with E-state index in [4.69, 9.17) is 0 Å². The summed E-state index contributed by atoms with van der Waals surface area (Å²) in [6, 6.07) is 3.29. The monoisotopic (exact) mass is 372 g/mol. The second kappa shape index (κ2) is 7.09. The van der Waals surface area contributed by atoms with Gasteiger partial charge >= 0.3 is 0 Å². The number of aromatic nitrogens is 1. The standard InChI is InChI=1S/C17H16N4O4S/c1-10-6-16(23)20(8-13(10)21(24)25)9-15(22)19-17-12(7-18)11-4-2-3-5-14(11)26-17/h6,8H,2-5,9H2,1H3,(H,19,22). The summed E-state index contributed by atoms with van der Waals surface area (Å²) in [6.07, 6.45) is 4.88. The van der Waals surface area contributed by atoms with Crippen LogP contribution in [0.5, 0.6) is 0 Å². The SMILES string of the molecule is Cc1cc(=O)n(CC(=O)Nc2sc3c(c2C#N)CCCC3)cc1[N+](=O)[O-]. The van der Waals surface area contributed by atoms with Gasteiger partial charge in [0.1, 0.15) is 17.6 Å². The number of aryl methyl sites for hydroxylation is 2.